The normalized spacial score (nSPS) is 16.3. The van der Waals surface area contributed by atoms with Gasteiger partial charge in [0, 0.05) is 13.0 Å². The van der Waals surface area contributed by atoms with Gasteiger partial charge in [0.1, 0.15) is 22.4 Å². The Balaban J connectivity index is 1.42. The zero-order valence-electron chi connectivity index (χ0n) is 16.7. The van der Waals surface area contributed by atoms with Crippen LogP contribution in [0.3, 0.4) is 0 Å². The Labute approximate surface area is 180 Å². The summed E-state index contributed by atoms with van der Waals surface area (Å²) in [5, 5.41) is 0.454. The van der Waals surface area contributed by atoms with Crippen LogP contribution in [0.5, 0.6) is 0 Å². The SMILES string of the molecule is Cc1c(C(=O)N2CCC[C@H]2c2ncc(Cc3ccccc3F)o2)sc2nc[nH]c(=O)c12. The number of carbonyl (C=O) groups excluding carboxylic acids is 1. The first-order chi connectivity index (χ1) is 15.0. The number of fused-ring (bicyclic) bond motifs is 1. The van der Waals surface area contributed by atoms with Crippen molar-refractivity contribution in [3.05, 3.63) is 80.6 Å². The number of thiophene rings is 1. The summed E-state index contributed by atoms with van der Waals surface area (Å²) in [5.41, 5.74) is 0.919. The highest BCUT2D eigenvalue weighted by Crippen LogP contribution is 2.36. The van der Waals surface area contributed by atoms with Crippen LogP contribution in [0.1, 0.15) is 51.3 Å². The fourth-order valence-corrected chi connectivity index (χ4v) is 5.17. The summed E-state index contributed by atoms with van der Waals surface area (Å²) in [7, 11) is 0. The Bertz CT molecular complexity index is 1340. The first kappa shape index (κ1) is 19.6. The molecule has 4 heterocycles. The number of rotatable bonds is 4. The number of likely N-dealkylation sites (tertiary alicyclic amines) is 1. The van der Waals surface area contributed by atoms with Crippen molar-refractivity contribution in [3.63, 3.8) is 0 Å². The Morgan fingerprint density at radius 3 is 3.00 bits per heavy atom. The summed E-state index contributed by atoms with van der Waals surface area (Å²) >= 11 is 1.22. The molecule has 7 nitrogen and oxygen atoms in total. The number of aryl methyl sites for hydroxylation is 1. The van der Waals surface area contributed by atoms with Crippen LogP contribution in [-0.4, -0.2) is 32.3 Å². The van der Waals surface area contributed by atoms with Crippen molar-refractivity contribution < 1.29 is 13.6 Å². The number of hydrogen-bond donors (Lipinski definition) is 1. The van der Waals surface area contributed by atoms with E-state index in [1.165, 1.54) is 23.7 Å². The van der Waals surface area contributed by atoms with Gasteiger partial charge in [-0.3, -0.25) is 9.59 Å². The van der Waals surface area contributed by atoms with Gasteiger partial charge in [-0.25, -0.2) is 14.4 Å². The van der Waals surface area contributed by atoms with E-state index in [1.807, 2.05) is 0 Å². The minimum Gasteiger partial charge on any atom is -0.443 e. The second-order valence-electron chi connectivity index (χ2n) is 7.56. The summed E-state index contributed by atoms with van der Waals surface area (Å²) in [4.78, 5) is 39.4. The molecule has 9 heteroatoms. The number of carbonyl (C=O) groups is 1. The number of hydrogen-bond acceptors (Lipinski definition) is 6. The van der Waals surface area contributed by atoms with Gasteiger partial charge in [-0.05, 0) is 37.0 Å². The van der Waals surface area contributed by atoms with Crippen LogP contribution < -0.4 is 5.56 Å². The fraction of sp³-hybridized carbons (Fsp3) is 0.273. The van der Waals surface area contributed by atoms with E-state index in [0.29, 0.717) is 50.8 Å². The number of benzene rings is 1. The van der Waals surface area contributed by atoms with Crippen molar-refractivity contribution in [1.82, 2.24) is 19.9 Å². The van der Waals surface area contributed by atoms with Crippen LogP contribution in [-0.2, 0) is 6.42 Å². The summed E-state index contributed by atoms with van der Waals surface area (Å²) in [6, 6.07) is 6.25. The Morgan fingerprint density at radius 2 is 2.19 bits per heavy atom. The van der Waals surface area contributed by atoms with Crippen molar-refractivity contribution in [3.8, 4) is 0 Å². The topological polar surface area (TPSA) is 92.1 Å². The molecule has 0 radical (unpaired) electrons. The van der Waals surface area contributed by atoms with E-state index in [9.17, 15) is 14.0 Å². The number of nitrogens with zero attached hydrogens (tertiary/aromatic N) is 3. The highest BCUT2D eigenvalue weighted by atomic mass is 32.1. The van der Waals surface area contributed by atoms with Crippen LogP contribution in [0.25, 0.3) is 10.2 Å². The van der Waals surface area contributed by atoms with E-state index < -0.39 is 0 Å². The van der Waals surface area contributed by atoms with E-state index in [-0.39, 0.29) is 23.3 Å². The highest BCUT2D eigenvalue weighted by Gasteiger charge is 2.35. The zero-order valence-corrected chi connectivity index (χ0v) is 17.5. The largest absolute Gasteiger partial charge is 0.443 e. The second kappa shape index (κ2) is 7.73. The van der Waals surface area contributed by atoms with Gasteiger partial charge < -0.3 is 14.3 Å². The van der Waals surface area contributed by atoms with E-state index in [4.69, 9.17) is 4.42 Å². The zero-order chi connectivity index (χ0) is 21.5. The molecule has 0 bridgehead atoms. The first-order valence-electron chi connectivity index (χ1n) is 9.98. The van der Waals surface area contributed by atoms with Gasteiger partial charge in [0.05, 0.1) is 22.8 Å². The maximum absolute atomic E-state index is 13.9. The van der Waals surface area contributed by atoms with Gasteiger partial charge in [-0.2, -0.15) is 0 Å². The van der Waals surface area contributed by atoms with E-state index in [0.717, 1.165) is 12.8 Å². The lowest BCUT2D eigenvalue weighted by Gasteiger charge is -2.22. The van der Waals surface area contributed by atoms with E-state index >= 15 is 0 Å². The molecule has 4 aromatic rings. The Kier molecular flexibility index (Phi) is 4.90. The maximum Gasteiger partial charge on any atom is 0.264 e. The summed E-state index contributed by atoms with van der Waals surface area (Å²) < 4.78 is 19.9. The molecule has 1 aromatic carbocycles. The highest BCUT2D eigenvalue weighted by molar-refractivity contribution is 7.20. The van der Waals surface area contributed by atoms with Crippen LogP contribution in [0.2, 0.25) is 0 Å². The third-order valence-electron chi connectivity index (χ3n) is 5.62. The molecule has 158 valence electrons. The second-order valence-corrected chi connectivity index (χ2v) is 8.56. The minimum absolute atomic E-state index is 0.156. The smallest absolute Gasteiger partial charge is 0.264 e. The molecule has 0 unspecified atom stereocenters. The molecule has 0 spiro atoms. The van der Waals surface area contributed by atoms with Crippen molar-refractivity contribution in [2.45, 2.75) is 32.2 Å². The molecule has 1 aliphatic heterocycles. The van der Waals surface area contributed by atoms with Crippen molar-refractivity contribution in [1.29, 1.82) is 0 Å². The Morgan fingerprint density at radius 1 is 1.35 bits per heavy atom. The Hall–Kier alpha value is -3.33. The molecule has 0 saturated carbocycles. The standard InChI is InChI=1S/C22H19FN4O3S/c1-12-17-19(28)25-11-26-21(17)31-18(12)22(29)27-8-4-7-16(27)20-24-10-14(30-20)9-13-5-2-3-6-15(13)23/h2-3,5-6,10-11,16H,4,7-9H2,1H3,(H,25,26,28)/t16-/m0/s1. The third-order valence-corrected chi connectivity index (χ3v) is 6.81. The molecule has 1 aliphatic rings. The number of oxazole rings is 1. The average Bonchev–Trinajstić information content (AvgIpc) is 3.48. The molecule has 1 N–H and O–H groups in total. The minimum atomic E-state index is -0.294. The van der Waals surface area contributed by atoms with E-state index in [2.05, 4.69) is 15.0 Å². The number of aromatic amines is 1. The summed E-state index contributed by atoms with van der Waals surface area (Å²) in [6.07, 6.45) is 4.79. The number of aromatic nitrogens is 3. The number of nitrogens with one attached hydrogen (secondary N) is 1. The number of halogens is 1. The van der Waals surface area contributed by atoms with Crippen molar-refractivity contribution in [2.75, 3.05) is 6.54 Å². The lowest BCUT2D eigenvalue weighted by molar-refractivity contribution is 0.0719. The fourth-order valence-electron chi connectivity index (χ4n) is 4.07. The van der Waals surface area contributed by atoms with Gasteiger partial charge in [-0.1, -0.05) is 18.2 Å². The molecule has 1 fully saturated rings. The van der Waals surface area contributed by atoms with Crippen molar-refractivity contribution >= 4 is 27.5 Å². The number of H-pyrrole nitrogens is 1. The molecule has 0 aliphatic carbocycles. The third kappa shape index (κ3) is 3.44. The molecule has 1 atom stereocenters. The predicted octanol–water partition coefficient (Wildman–Crippen LogP) is 3.99. The van der Waals surface area contributed by atoms with Crippen molar-refractivity contribution in [2.24, 2.45) is 0 Å². The lowest BCUT2D eigenvalue weighted by Crippen LogP contribution is -2.30. The molecular formula is C22H19FN4O3S. The molecule has 1 amide bonds. The van der Waals surface area contributed by atoms with Crippen LogP contribution in [0.4, 0.5) is 4.39 Å². The lowest BCUT2D eigenvalue weighted by atomic mass is 10.1. The molecule has 31 heavy (non-hydrogen) atoms. The molecule has 5 rings (SSSR count). The molecular weight excluding hydrogens is 419 g/mol. The van der Waals surface area contributed by atoms with Crippen LogP contribution in [0, 0.1) is 12.7 Å². The van der Waals surface area contributed by atoms with Gasteiger partial charge in [0.15, 0.2) is 0 Å². The summed E-state index contributed by atoms with van der Waals surface area (Å²) in [5.74, 6) is 0.554. The molecule has 1 saturated heterocycles. The monoisotopic (exact) mass is 438 g/mol. The first-order valence-corrected chi connectivity index (χ1v) is 10.8. The maximum atomic E-state index is 13.9. The van der Waals surface area contributed by atoms with Crippen LogP contribution in [0.15, 0.2) is 46.0 Å². The van der Waals surface area contributed by atoms with E-state index in [1.54, 1.807) is 36.2 Å². The summed E-state index contributed by atoms with van der Waals surface area (Å²) in [6.45, 7) is 2.34. The van der Waals surface area contributed by atoms with Gasteiger partial charge in [0.2, 0.25) is 5.89 Å². The molecule has 3 aromatic heterocycles. The number of amides is 1. The van der Waals surface area contributed by atoms with Crippen LogP contribution >= 0.6 is 11.3 Å². The van der Waals surface area contributed by atoms with Gasteiger partial charge >= 0.3 is 0 Å². The van der Waals surface area contributed by atoms with Gasteiger partial charge in [-0.15, -0.1) is 11.3 Å². The van der Waals surface area contributed by atoms with Gasteiger partial charge in [0.25, 0.3) is 11.5 Å². The quantitative estimate of drug-likeness (QED) is 0.520. The average molecular weight is 438 g/mol. The predicted molar refractivity (Wildman–Crippen MR) is 114 cm³/mol.